The van der Waals surface area contributed by atoms with E-state index >= 15 is 0 Å². The smallest absolute Gasteiger partial charge is 0.303 e. The van der Waals surface area contributed by atoms with Crippen LogP contribution in [0.25, 0.3) is 11.0 Å². The third-order valence-corrected chi connectivity index (χ3v) is 7.15. The third-order valence-electron chi connectivity index (χ3n) is 7.15. The third kappa shape index (κ3) is 5.92. The first-order chi connectivity index (χ1) is 18.1. The minimum atomic E-state index is -0.281. The number of imidazole rings is 1. The largest absolute Gasteiger partial charge is 0.458 e. The van der Waals surface area contributed by atoms with E-state index < -0.39 is 0 Å². The maximum atomic E-state index is 11.3. The number of carbonyl (C=O) groups excluding carboxylic acids is 1. The number of hydrogen-bond donors (Lipinski definition) is 0. The molecular weight excluding hydrogens is 460 g/mol. The molecule has 0 saturated carbocycles. The summed E-state index contributed by atoms with van der Waals surface area (Å²) in [6, 6.07) is 28.6. The first kappa shape index (κ1) is 25.2. The Bertz CT molecular complexity index is 1270. The van der Waals surface area contributed by atoms with E-state index in [-0.39, 0.29) is 18.6 Å². The van der Waals surface area contributed by atoms with Crippen LogP contribution in [0.5, 0.6) is 0 Å². The van der Waals surface area contributed by atoms with Gasteiger partial charge in [0.1, 0.15) is 12.4 Å². The predicted molar refractivity (Wildman–Crippen MR) is 147 cm³/mol. The van der Waals surface area contributed by atoms with Gasteiger partial charge in [-0.15, -0.1) is 0 Å². The maximum Gasteiger partial charge on any atom is 0.303 e. The van der Waals surface area contributed by atoms with Crippen LogP contribution < -0.4 is 0 Å². The second kappa shape index (κ2) is 11.7. The number of carbonyl (C=O) groups is 1. The van der Waals surface area contributed by atoms with Crippen molar-refractivity contribution in [3.63, 3.8) is 0 Å². The Morgan fingerprint density at radius 2 is 1.57 bits per heavy atom. The zero-order valence-electron chi connectivity index (χ0n) is 21.8. The molecule has 0 spiro atoms. The maximum absolute atomic E-state index is 11.3. The average molecular weight is 497 g/mol. The van der Waals surface area contributed by atoms with Crippen molar-refractivity contribution in [3.05, 3.63) is 101 Å². The van der Waals surface area contributed by atoms with Gasteiger partial charge in [-0.3, -0.25) is 14.6 Å². The van der Waals surface area contributed by atoms with E-state index in [0.29, 0.717) is 0 Å². The molecule has 0 radical (unpaired) electrons. The first-order valence-electron chi connectivity index (χ1n) is 13.3. The minimum absolute atomic E-state index is 0.214. The predicted octanol–water partition coefficient (Wildman–Crippen LogP) is 5.42. The molecule has 1 saturated heterocycles. The summed E-state index contributed by atoms with van der Waals surface area (Å²) in [4.78, 5) is 21.3. The lowest BCUT2D eigenvalue weighted by atomic mass is 9.96. The number of piperazine rings is 1. The SMILES string of the molecule is CCCn1c(COC(C)=O)nc2cc(CN3CCN(C(c4ccccc4)c4ccccc4)CC3)ccc21. The standard InChI is InChI=1S/C31H36N4O2/c1-3-16-35-29-15-14-25(21-28(29)32-30(35)23-37-24(2)36)22-33-17-19-34(20-18-33)31(26-10-6-4-7-11-26)27-12-8-5-9-13-27/h4-15,21,31H,3,16-20,22-23H2,1-2H3. The quantitative estimate of drug-likeness (QED) is 0.290. The molecule has 2 heterocycles. The fraction of sp³-hybridized carbons (Fsp3) is 0.355. The van der Waals surface area contributed by atoms with Crippen molar-refractivity contribution in [1.29, 1.82) is 0 Å². The monoisotopic (exact) mass is 496 g/mol. The number of aromatic nitrogens is 2. The number of benzene rings is 3. The zero-order valence-corrected chi connectivity index (χ0v) is 21.8. The van der Waals surface area contributed by atoms with Crippen molar-refractivity contribution in [2.24, 2.45) is 0 Å². The van der Waals surface area contributed by atoms with Gasteiger partial charge in [-0.2, -0.15) is 0 Å². The van der Waals surface area contributed by atoms with Gasteiger partial charge in [0.25, 0.3) is 0 Å². The number of esters is 1. The van der Waals surface area contributed by atoms with Crippen molar-refractivity contribution in [2.75, 3.05) is 26.2 Å². The van der Waals surface area contributed by atoms with Gasteiger partial charge in [-0.1, -0.05) is 73.7 Å². The molecule has 0 N–H and O–H groups in total. The summed E-state index contributed by atoms with van der Waals surface area (Å²) in [7, 11) is 0. The van der Waals surface area contributed by atoms with Gasteiger partial charge in [0.15, 0.2) is 0 Å². The summed E-state index contributed by atoms with van der Waals surface area (Å²) in [5.41, 5.74) is 6.04. The molecule has 1 aromatic heterocycles. The molecule has 1 aliphatic rings. The van der Waals surface area contributed by atoms with Gasteiger partial charge in [-0.05, 0) is 35.2 Å². The van der Waals surface area contributed by atoms with Gasteiger partial charge in [0, 0.05) is 46.2 Å². The second-order valence-corrected chi connectivity index (χ2v) is 9.82. The van der Waals surface area contributed by atoms with Crippen LogP contribution in [0.4, 0.5) is 0 Å². The molecule has 0 amide bonds. The van der Waals surface area contributed by atoms with Gasteiger partial charge in [0.2, 0.25) is 0 Å². The van der Waals surface area contributed by atoms with Crippen molar-refractivity contribution < 1.29 is 9.53 Å². The molecule has 6 heteroatoms. The molecule has 1 fully saturated rings. The summed E-state index contributed by atoms with van der Waals surface area (Å²) in [6.07, 6.45) is 0.998. The van der Waals surface area contributed by atoms with Gasteiger partial charge >= 0.3 is 5.97 Å². The summed E-state index contributed by atoms with van der Waals surface area (Å²) < 4.78 is 7.43. The number of hydrogen-bond acceptors (Lipinski definition) is 5. The number of aryl methyl sites for hydroxylation is 1. The van der Waals surface area contributed by atoms with Gasteiger partial charge in [0.05, 0.1) is 17.1 Å². The van der Waals surface area contributed by atoms with Crippen LogP contribution >= 0.6 is 0 Å². The normalized spacial score (nSPS) is 14.9. The van der Waals surface area contributed by atoms with E-state index in [1.54, 1.807) is 0 Å². The Morgan fingerprint density at radius 3 is 2.16 bits per heavy atom. The molecule has 3 aromatic carbocycles. The number of nitrogens with zero attached hydrogens (tertiary/aromatic N) is 4. The van der Waals surface area contributed by atoms with Gasteiger partial charge < -0.3 is 9.30 Å². The average Bonchev–Trinajstić information content (AvgIpc) is 3.26. The molecule has 37 heavy (non-hydrogen) atoms. The van der Waals surface area contributed by atoms with Crippen LogP contribution in [0.2, 0.25) is 0 Å². The molecule has 6 nitrogen and oxygen atoms in total. The number of fused-ring (bicyclic) bond motifs is 1. The Balaban J connectivity index is 1.28. The van der Waals surface area contributed by atoms with Crippen molar-refractivity contribution >= 4 is 17.0 Å². The Labute approximate surface area is 219 Å². The number of rotatable bonds is 9. The van der Waals surface area contributed by atoms with Crippen LogP contribution in [0.3, 0.4) is 0 Å². The highest BCUT2D eigenvalue weighted by Crippen LogP contribution is 2.30. The van der Waals surface area contributed by atoms with Gasteiger partial charge in [-0.25, -0.2) is 4.98 Å². The lowest BCUT2D eigenvalue weighted by Gasteiger charge is -2.39. The molecule has 1 aliphatic heterocycles. The van der Waals surface area contributed by atoms with E-state index in [1.165, 1.54) is 23.6 Å². The second-order valence-electron chi connectivity index (χ2n) is 9.82. The topological polar surface area (TPSA) is 50.6 Å². The molecule has 4 aromatic rings. The number of ether oxygens (including phenoxy) is 1. The highest BCUT2D eigenvalue weighted by molar-refractivity contribution is 5.77. The van der Waals surface area contributed by atoms with Crippen molar-refractivity contribution in [3.8, 4) is 0 Å². The van der Waals surface area contributed by atoms with E-state index in [2.05, 4.69) is 100 Å². The molecule has 0 bridgehead atoms. The van der Waals surface area contributed by atoms with Crippen LogP contribution in [-0.4, -0.2) is 51.5 Å². The summed E-state index contributed by atoms with van der Waals surface area (Å²) in [6.45, 7) is 9.66. The van der Waals surface area contributed by atoms with E-state index in [4.69, 9.17) is 9.72 Å². The fourth-order valence-corrected chi connectivity index (χ4v) is 5.40. The lowest BCUT2D eigenvalue weighted by molar-refractivity contribution is -0.142. The Hall–Kier alpha value is -3.48. The molecule has 0 atom stereocenters. The van der Waals surface area contributed by atoms with Crippen LogP contribution in [0, 0.1) is 0 Å². The van der Waals surface area contributed by atoms with E-state index in [0.717, 1.165) is 62.5 Å². The molecule has 192 valence electrons. The van der Waals surface area contributed by atoms with Crippen molar-refractivity contribution in [1.82, 2.24) is 19.4 Å². The van der Waals surface area contributed by atoms with Crippen molar-refractivity contribution in [2.45, 2.75) is 46.0 Å². The Morgan fingerprint density at radius 1 is 0.919 bits per heavy atom. The van der Waals surface area contributed by atoms with E-state index in [9.17, 15) is 4.79 Å². The summed E-state index contributed by atoms with van der Waals surface area (Å²) in [5.74, 6) is 0.530. The molecule has 0 unspecified atom stereocenters. The summed E-state index contributed by atoms with van der Waals surface area (Å²) >= 11 is 0. The van der Waals surface area contributed by atoms with Crippen LogP contribution in [0.1, 0.15) is 48.8 Å². The summed E-state index contributed by atoms with van der Waals surface area (Å²) in [5, 5.41) is 0. The van der Waals surface area contributed by atoms with Crippen LogP contribution in [-0.2, 0) is 29.2 Å². The molecule has 5 rings (SSSR count). The fourth-order valence-electron chi connectivity index (χ4n) is 5.40. The first-order valence-corrected chi connectivity index (χ1v) is 13.3. The highest BCUT2D eigenvalue weighted by Gasteiger charge is 2.26. The lowest BCUT2D eigenvalue weighted by Crippen LogP contribution is -2.47. The molecule has 0 aliphatic carbocycles. The van der Waals surface area contributed by atoms with E-state index in [1.807, 2.05) is 0 Å². The van der Waals surface area contributed by atoms with Crippen LogP contribution in [0.15, 0.2) is 78.9 Å². The molecular formula is C31H36N4O2. The minimum Gasteiger partial charge on any atom is -0.458 e. The zero-order chi connectivity index (χ0) is 25.6. The highest BCUT2D eigenvalue weighted by atomic mass is 16.5. The Kier molecular flexibility index (Phi) is 7.97.